The van der Waals surface area contributed by atoms with Crippen LogP contribution in [0.2, 0.25) is 0 Å². The third kappa shape index (κ3) is 5.18. The van der Waals surface area contributed by atoms with Crippen molar-refractivity contribution in [3.63, 3.8) is 0 Å². The van der Waals surface area contributed by atoms with Gasteiger partial charge in [-0.3, -0.25) is 4.90 Å². The molecule has 0 radical (unpaired) electrons. The van der Waals surface area contributed by atoms with Crippen LogP contribution in [0.25, 0.3) is 10.8 Å². The van der Waals surface area contributed by atoms with E-state index in [-0.39, 0.29) is 34.6 Å². The molecule has 4 rings (SSSR count). The second-order valence-electron chi connectivity index (χ2n) is 9.46. The van der Waals surface area contributed by atoms with E-state index in [1.165, 1.54) is 18.2 Å². The topological polar surface area (TPSA) is 48.0 Å². The Balaban J connectivity index is 1.69. The minimum atomic E-state index is -4.63. The van der Waals surface area contributed by atoms with E-state index < -0.39 is 23.3 Å². The van der Waals surface area contributed by atoms with Crippen LogP contribution in [-0.2, 0) is 15.7 Å². The number of rotatable bonds is 7. The van der Waals surface area contributed by atoms with Crippen molar-refractivity contribution in [1.82, 2.24) is 4.90 Å². The number of carbonyl (C=O) groups excluding carboxylic acids is 1. The monoisotopic (exact) mass is 479 g/mol. The zero-order chi connectivity index (χ0) is 24.3. The van der Waals surface area contributed by atoms with E-state index >= 15 is 0 Å². The molecule has 0 bridgehead atoms. The van der Waals surface area contributed by atoms with Gasteiger partial charge in [-0.1, -0.05) is 38.1 Å². The average Bonchev–Trinajstić information content (AvgIpc) is 3.28. The molecule has 34 heavy (non-hydrogen) atoms. The molecule has 0 unspecified atom stereocenters. The Morgan fingerprint density at radius 3 is 2.38 bits per heavy atom. The lowest BCUT2D eigenvalue weighted by Crippen LogP contribution is -2.39. The van der Waals surface area contributed by atoms with E-state index in [0.717, 1.165) is 25.9 Å². The molecular weight excluding hydrogens is 447 g/mol. The Labute approximate surface area is 198 Å². The van der Waals surface area contributed by atoms with Gasteiger partial charge in [-0.25, -0.2) is 4.79 Å². The van der Waals surface area contributed by atoms with Gasteiger partial charge in [0.05, 0.1) is 18.8 Å². The number of alkyl halides is 3. The number of morpholine rings is 1. The largest absolute Gasteiger partial charge is 0.486 e. The number of fused-ring (bicyclic) bond motifs is 1. The minimum Gasteiger partial charge on any atom is -0.486 e. The smallest absolute Gasteiger partial charge is 0.420 e. The standard InChI is InChI=1S/C26H32F3NO4/c1-18(2)25(9-5-6-10-25)34-22-17-21(24(31)33-16-13-30-11-14-32-15-12-30)19-7-3-4-8-20(19)23(22)26(27,28)29/h3-4,7-8,17-18H,5-6,9-16H2,1-2H3. The predicted octanol–water partition coefficient (Wildman–Crippen LogP) is 5.70. The van der Waals surface area contributed by atoms with E-state index in [4.69, 9.17) is 14.2 Å². The number of halogens is 3. The van der Waals surface area contributed by atoms with Gasteiger partial charge in [0.1, 0.15) is 23.5 Å². The molecular formula is C26H32F3NO4. The van der Waals surface area contributed by atoms with Gasteiger partial charge < -0.3 is 14.2 Å². The maximum Gasteiger partial charge on any atom is 0.420 e. The van der Waals surface area contributed by atoms with E-state index in [2.05, 4.69) is 4.90 Å². The van der Waals surface area contributed by atoms with Crippen LogP contribution in [0.4, 0.5) is 13.2 Å². The van der Waals surface area contributed by atoms with Crippen LogP contribution in [0.3, 0.4) is 0 Å². The Morgan fingerprint density at radius 2 is 1.76 bits per heavy atom. The summed E-state index contributed by atoms with van der Waals surface area (Å²) in [6.45, 7) is 7.44. The maximum atomic E-state index is 14.3. The van der Waals surface area contributed by atoms with Crippen LogP contribution in [0.1, 0.15) is 55.5 Å². The van der Waals surface area contributed by atoms with Gasteiger partial charge in [-0.15, -0.1) is 0 Å². The number of carbonyl (C=O) groups is 1. The fraction of sp³-hybridized carbons (Fsp3) is 0.577. The molecule has 2 aliphatic rings. The van der Waals surface area contributed by atoms with Gasteiger partial charge in [0.2, 0.25) is 0 Å². The lowest BCUT2D eigenvalue weighted by molar-refractivity contribution is -0.139. The highest BCUT2D eigenvalue weighted by Crippen LogP contribution is 2.47. The molecule has 0 spiro atoms. The molecule has 1 aliphatic heterocycles. The maximum absolute atomic E-state index is 14.3. The van der Waals surface area contributed by atoms with Crippen molar-refractivity contribution in [3.8, 4) is 5.75 Å². The molecule has 1 saturated heterocycles. The van der Waals surface area contributed by atoms with E-state index in [9.17, 15) is 18.0 Å². The number of benzene rings is 2. The zero-order valence-corrected chi connectivity index (χ0v) is 19.7. The normalized spacial score (nSPS) is 19.0. The Bertz CT molecular complexity index is 1010. The highest BCUT2D eigenvalue weighted by Gasteiger charge is 2.43. The highest BCUT2D eigenvalue weighted by atomic mass is 19.4. The van der Waals surface area contributed by atoms with Crippen molar-refractivity contribution in [1.29, 1.82) is 0 Å². The molecule has 1 aliphatic carbocycles. The van der Waals surface area contributed by atoms with Crippen LogP contribution in [0.5, 0.6) is 5.75 Å². The third-order valence-corrected chi connectivity index (χ3v) is 7.07. The molecule has 0 atom stereocenters. The summed E-state index contributed by atoms with van der Waals surface area (Å²) in [6.07, 6.45) is -1.44. The lowest BCUT2D eigenvalue weighted by atomic mass is 9.88. The molecule has 0 aromatic heterocycles. The van der Waals surface area contributed by atoms with Crippen LogP contribution >= 0.6 is 0 Å². The van der Waals surface area contributed by atoms with Crippen molar-refractivity contribution in [2.45, 2.75) is 51.3 Å². The summed E-state index contributed by atoms with van der Waals surface area (Å²) in [6, 6.07) is 7.33. The molecule has 2 aromatic rings. The number of esters is 1. The van der Waals surface area contributed by atoms with Gasteiger partial charge in [0.25, 0.3) is 0 Å². The quantitative estimate of drug-likeness (QED) is 0.477. The number of nitrogens with zero attached hydrogens (tertiary/aromatic N) is 1. The molecule has 1 saturated carbocycles. The summed E-state index contributed by atoms with van der Waals surface area (Å²) < 4.78 is 60.0. The second kappa shape index (κ2) is 10.1. The minimum absolute atomic E-state index is 0.0338. The Kier molecular flexibility index (Phi) is 7.38. The summed E-state index contributed by atoms with van der Waals surface area (Å²) in [4.78, 5) is 15.2. The summed E-state index contributed by atoms with van der Waals surface area (Å²) in [5.74, 6) is -0.901. The second-order valence-corrected chi connectivity index (χ2v) is 9.46. The van der Waals surface area contributed by atoms with E-state index in [0.29, 0.717) is 32.6 Å². The van der Waals surface area contributed by atoms with Gasteiger partial charge in [0, 0.05) is 19.6 Å². The molecule has 2 aromatic carbocycles. The van der Waals surface area contributed by atoms with Crippen molar-refractivity contribution >= 4 is 16.7 Å². The third-order valence-electron chi connectivity index (χ3n) is 7.07. The average molecular weight is 480 g/mol. The van der Waals surface area contributed by atoms with Crippen molar-refractivity contribution in [2.75, 3.05) is 39.5 Å². The van der Waals surface area contributed by atoms with Gasteiger partial charge in [-0.2, -0.15) is 13.2 Å². The number of hydrogen-bond acceptors (Lipinski definition) is 5. The first kappa shape index (κ1) is 24.8. The highest BCUT2D eigenvalue weighted by molar-refractivity contribution is 6.06. The SMILES string of the molecule is CC(C)C1(Oc2cc(C(=O)OCCN3CCOCC3)c3ccccc3c2C(F)(F)F)CCCC1. The van der Waals surface area contributed by atoms with Crippen molar-refractivity contribution in [2.24, 2.45) is 5.92 Å². The van der Waals surface area contributed by atoms with Gasteiger partial charge >= 0.3 is 12.1 Å². The van der Waals surface area contributed by atoms with Crippen LogP contribution in [0, 0.1) is 5.92 Å². The summed E-state index contributed by atoms with van der Waals surface area (Å²) >= 11 is 0. The summed E-state index contributed by atoms with van der Waals surface area (Å²) in [5.41, 5.74) is -1.42. The molecule has 0 N–H and O–H groups in total. The van der Waals surface area contributed by atoms with Crippen LogP contribution < -0.4 is 4.74 Å². The first-order valence-corrected chi connectivity index (χ1v) is 12.0. The van der Waals surface area contributed by atoms with E-state index in [1.54, 1.807) is 12.1 Å². The molecule has 0 amide bonds. The number of hydrogen-bond donors (Lipinski definition) is 0. The summed E-state index contributed by atoms with van der Waals surface area (Å²) in [7, 11) is 0. The first-order valence-electron chi connectivity index (χ1n) is 12.0. The molecule has 1 heterocycles. The van der Waals surface area contributed by atoms with E-state index in [1.807, 2.05) is 13.8 Å². The fourth-order valence-corrected chi connectivity index (χ4v) is 5.05. The van der Waals surface area contributed by atoms with Crippen molar-refractivity contribution < 1.29 is 32.2 Å². The van der Waals surface area contributed by atoms with Crippen molar-refractivity contribution in [3.05, 3.63) is 41.5 Å². The van der Waals surface area contributed by atoms with Gasteiger partial charge in [-0.05, 0) is 48.4 Å². The Hall–Kier alpha value is -2.32. The molecule has 8 heteroatoms. The Morgan fingerprint density at radius 1 is 1.12 bits per heavy atom. The fourth-order valence-electron chi connectivity index (χ4n) is 5.05. The van der Waals surface area contributed by atoms with Gasteiger partial charge in [0.15, 0.2) is 0 Å². The predicted molar refractivity (Wildman–Crippen MR) is 123 cm³/mol. The molecule has 2 fully saturated rings. The molecule has 186 valence electrons. The van der Waals surface area contributed by atoms with Crippen LogP contribution in [-0.4, -0.2) is 55.9 Å². The summed E-state index contributed by atoms with van der Waals surface area (Å²) in [5, 5.41) is 0.160. The zero-order valence-electron chi connectivity index (χ0n) is 19.7. The lowest BCUT2D eigenvalue weighted by Gasteiger charge is -2.35. The first-order chi connectivity index (χ1) is 16.2. The molecule has 5 nitrogen and oxygen atoms in total. The number of ether oxygens (including phenoxy) is 3. The van der Waals surface area contributed by atoms with Crippen LogP contribution in [0.15, 0.2) is 30.3 Å².